The molecular formula is C13H20N2O3S. The van der Waals surface area contributed by atoms with Crippen LogP contribution in [-0.2, 0) is 14.6 Å². The highest BCUT2D eigenvalue weighted by Crippen LogP contribution is 2.24. The number of sulfone groups is 1. The second kappa shape index (κ2) is 5.90. The second-order valence-electron chi connectivity index (χ2n) is 4.82. The standard InChI is InChI=1S/C13H20N2O3S/c1-15(10-11-9-14-7-8-18-11)12-5-3-4-6-13(12)19(2,16)17/h3-6,11,14H,7-10H2,1-2H3. The average molecular weight is 284 g/mol. The first-order valence-electron chi connectivity index (χ1n) is 6.31. The Labute approximate surface area is 114 Å². The molecule has 1 aromatic rings. The quantitative estimate of drug-likeness (QED) is 0.873. The molecule has 5 nitrogen and oxygen atoms in total. The van der Waals surface area contributed by atoms with Crippen molar-refractivity contribution < 1.29 is 13.2 Å². The van der Waals surface area contributed by atoms with Gasteiger partial charge in [-0.05, 0) is 12.1 Å². The fourth-order valence-corrected chi connectivity index (χ4v) is 3.16. The van der Waals surface area contributed by atoms with E-state index in [1.54, 1.807) is 12.1 Å². The molecule has 0 radical (unpaired) electrons. The summed E-state index contributed by atoms with van der Waals surface area (Å²) in [5.74, 6) is 0. The first kappa shape index (κ1) is 14.3. The summed E-state index contributed by atoms with van der Waals surface area (Å²) in [5.41, 5.74) is 0.721. The van der Waals surface area contributed by atoms with Gasteiger partial charge in [-0.2, -0.15) is 0 Å². The topological polar surface area (TPSA) is 58.6 Å². The molecular weight excluding hydrogens is 264 g/mol. The van der Waals surface area contributed by atoms with Gasteiger partial charge in [-0.1, -0.05) is 12.1 Å². The van der Waals surface area contributed by atoms with E-state index in [0.29, 0.717) is 18.0 Å². The molecule has 1 atom stereocenters. The smallest absolute Gasteiger partial charge is 0.177 e. The molecule has 0 bridgehead atoms. The van der Waals surface area contributed by atoms with E-state index >= 15 is 0 Å². The first-order chi connectivity index (χ1) is 8.98. The summed E-state index contributed by atoms with van der Waals surface area (Å²) in [7, 11) is -1.33. The molecule has 1 fully saturated rings. The fourth-order valence-electron chi connectivity index (χ4n) is 2.23. The minimum absolute atomic E-state index is 0.0892. The third-order valence-electron chi connectivity index (χ3n) is 3.16. The van der Waals surface area contributed by atoms with Gasteiger partial charge in [0.05, 0.1) is 23.3 Å². The largest absolute Gasteiger partial charge is 0.374 e. The summed E-state index contributed by atoms with van der Waals surface area (Å²) in [6.07, 6.45) is 1.32. The van der Waals surface area contributed by atoms with Gasteiger partial charge in [-0.3, -0.25) is 0 Å². The van der Waals surface area contributed by atoms with E-state index in [9.17, 15) is 8.42 Å². The van der Waals surface area contributed by atoms with Crippen LogP contribution in [-0.4, -0.2) is 54.1 Å². The molecule has 1 aromatic carbocycles. The normalized spacial score (nSPS) is 20.2. The highest BCUT2D eigenvalue weighted by molar-refractivity contribution is 7.90. The Bertz CT molecular complexity index is 524. The van der Waals surface area contributed by atoms with E-state index in [1.807, 2.05) is 24.1 Å². The average Bonchev–Trinajstić information content (AvgIpc) is 2.39. The molecule has 0 saturated carbocycles. The van der Waals surface area contributed by atoms with E-state index in [1.165, 1.54) is 6.26 Å². The molecule has 0 aliphatic carbocycles. The summed E-state index contributed by atoms with van der Waals surface area (Å²) in [6, 6.07) is 7.06. The molecule has 1 saturated heterocycles. The lowest BCUT2D eigenvalue weighted by atomic mass is 10.2. The Hall–Kier alpha value is -1.11. The van der Waals surface area contributed by atoms with E-state index in [2.05, 4.69) is 5.32 Å². The van der Waals surface area contributed by atoms with Crippen molar-refractivity contribution >= 4 is 15.5 Å². The highest BCUT2D eigenvalue weighted by atomic mass is 32.2. The number of anilines is 1. The molecule has 0 amide bonds. The maximum atomic E-state index is 11.8. The van der Waals surface area contributed by atoms with Gasteiger partial charge in [-0.25, -0.2) is 8.42 Å². The number of rotatable bonds is 4. The molecule has 2 rings (SSSR count). The lowest BCUT2D eigenvalue weighted by Crippen LogP contribution is -2.44. The maximum absolute atomic E-state index is 11.8. The zero-order valence-electron chi connectivity index (χ0n) is 11.3. The predicted octanol–water partition coefficient (Wildman–Crippen LogP) is 0.515. The predicted molar refractivity (Wildman–Crippen MR) is 75.4 cm³/mol. The molecule has 0 aromatic heterocycles. The molecule has 6 heteroatoms. The Morgan fingerprint density at radius 1 is 1.42 bits per heavy atom. The summed E-state index contributed by atoms with van der Waals surface area (Å²) in [4.78, 5) is 2.30. The Kier molecular flexibility index (Phi) is 4.44. The van der Waals surface area contributed by atoms with Gasteiger partial charge in [0, 0.05) is 32.9 Å². The summed E-state index contributed by atoms with van der Waals surface area (Å²) in [6.45, 7) is 3.04. The maximum Gasteiger partial charge on any atom is 0.177 e. The molecule has 0 spiro atoms. The lowest BCUT2D eigenvalue weighted by molar-refractivity contribution is 0.0339. The molecule has 19 heavy (non-hydrogen) atoms. The van der Waals surface area contributed by atoms with Crippen LogP contribution in [0.5, 0.6) is 0 Å². The number of likely N-dealkylation sites (N-methyl/N-ethyl adjacent to an activating group) is 1. The number of hydrogen-bond donors (Lipinski definition) is 1. The van der Waals surface area contributed by atoms with Crippen LogP contribution in [0.25, 0.3) is 0 Å². The van der Waals surface area contributed by atoms with Crippen LogP contribution in [0.15, 0.2) is 29.2 Å². The minimum atomic E-state index is -3.22. The number of benzene rings is 1. The SMILES string of the molecule is CN(CC1CNCCO1)c1ccccc1S(C)(=O)=O. The van der Waals surface area contributed by atoms with Crippen molar-refractivity contribution in [3.05, 3.63) is 24.3 Å². The summed E-state index contributed by atoms with van der Waals surface area (Å²) in [5, 5.41) is 3.27. The number of ether oxygens (including phenoxy) is 1. The molecule has 1 aliphatic rings. The molecule has 1 heterocycles. The number of nitrogens with one attached hydrogen (secondary N) is 1. The van der Waals surface area contributed by atoms with Crippen LogP contribution in [0, 0.1) is 0 Å². The van der Waals surface area contributed by atoms with Crippen molar-refractivity contribution in [1.29, 1.82) is 0 Å². The zero-order chi connectivity index (χ0) is 13.9. The van der Waals surface area contributed by atoms with Crippen LogP contribution in [0.2, 0.25) is 0 Å². The van der Waals surface area contributed by atoms with Gasteiger partial charge in [0.2, 0.25) is 0 Å². The monoisotopic (exact) mass is 284 g/mol. The number of nitrogens with zero attached hydrogens (tertiary/aromatic N) is 1. The van der Waals surface area contributed by atoms with Crippen molar-refractivity contribution in [2.24, 2.45) is 0 Å². The third-order valence-corrected chi connectivity index (χ3v) is 4.30. The highest BCUT2D eigenvalue weighted by Gasteiger charge is 2.20. The Morgan fingerprint density at radius 3 is 2.79 bits per heavy atom. The van der Waals surface area contributed by atoms with Crippen LogP contribution in [0.3, 0.4) is 0 Å². The number of para-hydroxylation sites is 1. The third kappa shape index (κ3) is 3.68. The van der Waals surface area contributed by atoms with Crippen molar-refractivity contribution in [2.75, 3.05) is 44.4 Å². The number of hydrogen-bond acceptors (Lipinski definition) is 5. The summed E-state index contributed by atoms with van der Waals surface area (Å²) >= 11 is 0. The van der Waals surface area contributed by atoms with Crippen LogP contribution in [0.4, 0.5) is 5.69 Å². The zero-order valence-corrected chi connectivity index (χ0v) is 12.1. The van der Waals surface area contributed by atoms with Crippen molar-refractivity contribution in [2.45, 2.75) is 11.0 Å². The van der Waals surface area contributed by atoms with E-state index in [4.69, 9.17) is 4.74 Å². The van der Waals surface area contributed by atoms with Crippen molar-refractivity contribution in [1.82, 2.24) is 5.32 Å². The summed E-state index contributed by atoms with van der Waals surface area (Å²) < 4.78 is 29.2. The lowest BCUT2D eigenvalue weighted by Gasteiger charge is -2.30. The molecule has 1 unspecified atom stereocenters. The van der Waals surface area contributed by atoms with Crippen molar-refractivity contribution in [3.63, 3.8) is 0 Å². The van der Waals surface area contributed by atoms with Gasteiger partial charge in [0.25, 0.3) is 0 Å². The first-order valence-corrected chi connectivity index (χ1v) is 8.20. The van der Waals surface area contributed by atoms with Gasteiger partial charge >= 0.3 is 0 Å². The van der Waals surface area contributed by atoms with Crippen molar-refractivity contribution in [3.8, 4) is 0 Å². The van der Waals surface area contributed by atoms with Crippen LogP contribution >= 0.6 is 0 Å². The van der Waals surface area contributed by atoms with E-state index < -0.39 is 9.84 Å². The van der Waals surface area contributed by atoms with Gasteiger partial charge in [0.1, 0.15) is 0 Å². The van der Waals surface area contributed by atoms with Gasteiger partial charge < -0.3 is 15.0 Å². The van der Waals surface area contributed by atoms with E-state index in [0.717, 1.165) is 18.8 Å². The van der Waals surface area contributed by atoms with Gasteiger partial charge in [-0.15, -0.1) is 0 Å². The molecule has 1 N–H and O–H groups in total. The molecule has 106 valence electrons. The molecule has 1 aliphatic heterocycles. The van der Waals surface area contributed by atoms with Gasteiger partial charge in [0.15, 0.2) is 9.84 Å². The minimum Gasteiger partial charge on any atom is -0.374 e. The Morgan fingerprint density at radius 2 is 2.16 bits per heavy atom. The van der Waals surface area contributed by atoms with E-state index in [-0.39, 0.29) is 6.10 Å². The second-order valence-corrected chi connectivity index (χ2v) is 6.80. The van der Waals surface area contributed by atoms with Crippen LogP contribution < -0.4 is 10.2 Å². The number of morpholine rings is 1. The Balaban J connectivity index is 2.16. The van der Waals surface area contributed by atoms with Crippen LogP contribution in [0.1, 0.15) is 0 Å². The fraction of sp³-hybridized carbons (Fsp3) is 0.538.